The predicted molar refractivity (Wildman–Crippen MR) is 121 cm³/mol. The minimum atomic E-state index is -3.05. The minimum Gasteiger partial charge on any atom is -0.480 e. The summed E-state index contributed by atoms with van der Waals surface area (Å²) >= 11 is 1.35. The van der Waals surface area contributed by atoms with E-state index in [9.17, 15) is 18.4 Å². The lowest BCUT2D eigenvalue weighted by Crippen LogP contribution is -2.36. The van der Waals surface area contributed by atoms with Crippen molar-refractivity contribution in [2.75, 3.05) is 38.0 Å². The second kappa shape index (κ2) is 11.1. The van der Waals surface area contributed by atoms with Crippen LogP contribution in [0.25, 0.3) is 0 Å². The van der Waals surface area contributed by atoms with Crippen LogP contribution < -0.4 is 5.32 Å². The standard InChI is InChI=1S/C22H29F2N5O3S/c1-2-29-19(12-15(13-25)21(31)32)33-16(20(29)30)8-9-26-18-7-5-6-17(27-18)22(23,24)14-28-10-3-4-11-28/h5-7,15-16,19H,2-4,8-12,14H2,1H3,(H,26,27)(H,31,32). The van der Waals surface area contributed by atoms with Crippen LogP contribution >= 0.6 is 11.8 Å². The number of aliphatic carboxylic acids is 1. The van der Waals surface area contributed by atoms with E-state index >= 15 is 0 Å². The Morgan fingerprint density at radius 3 is 2.79 bits per heavy atom. The van der Waals surface area contributed by atoms with Gasteiger partial charge in [-0.2, -0.15) is 14.0 Å². The molecular formula is C22H29F2N5O3S. The lowest BCUT2D eigenvalue weighted by atomic mass is 10.1. The first-order valence-corrected chi connectivity index (χ1v) is 12.1. The second-order valence-electron chi connectivity index (χ2n) is 8.27. The highest BCUT2D eigenvalue weighted by molar-refractivity contribution is 8.01. The summed E-state index contributed by atoms with van der Waals surface area (Å²) in [6.45, 7) is 3.60. The quantitative estimate of drug-likeness (QED) is 0.497. The molecule has 3 rings (SSSR count). The van der Waals surface area contributed by atoms with Crippen molar-refractivity contribution < 1.29 is 23.5 Å². The van der Waals surface area contributed by atoms with E-state index < -0.39 is 23.1 Å². The van der Waals surface area contributed by atoms with E-state index in [1.165, 1.54) is 17.8 Å². The zero-order chi connectivity index (χ0) is 24.0. The highest BCUT2D eigenvalue weighted by Crippen LogP contribution is 2.37. The highest BCUT2D eigenvalue weighted by atomic mass is 32.2. The molecule has 3 heterocycles. The van der Waals surface area contributed by atoms with Gasteiger partial charge in [-0.1, -0.05) is 6.07 Å². The third-order valence-electron chi connectivity index (χ3n) is 5.92. The fourth-order valence-corrected chi connectivity index (χ4v) is 5.75. The van der Waals surface area contributed by atoms with Crippen LogP contribution in [-0.4, -0.2) is 75.1 Å². The molecule has 2 saturated heterocycles. The number of nitriles is 1. The largest absolute Gasteiger partial charge is 0.480 e. The molecule has 0 spiro atoms. The van der Waals surface area contributed by atoms with Crippen molar-refractivity contribution in [3.05, 3.63) is 23.9 Å². The molecule has 1 amide bonds. The maximum atomic E-state index is 14.7. The third-order valence-corrected chi connectivity index (χ3v) is 7.44. The summed E-state index contributed by atoms with van der Waals surface area (Å²) in [6, 6.07) is 6.26. The molecule has 33 heavy (non-hydrogen) atoms. The first-order chi connectivity index (χ1) is 15.7. The average molecular weight is 482 g/mol. The Morgan fingerprint density at radius 2 is 2.15 bits per heavy atom. The van der Waals surface area contributed by atoms with Crippen molar-refractivity contribution in [2.45, 2.75) is 49.2 Å². The Bertz CT molecular complexity index is 891. The first kappa shape index (κ1) is 25.2. The summed E-state index contributed by atoms with van der Waals surface area (Å²) in [4.78, 5) is 31.3. The van der Waals surface area contributed by atoms with Crippen LogP contribution in [0.2, 0.25) is 0 Å². The summed E-state index contributed by atoms with van der Waals surface area (Å²) < 4.78 is 29.3. The monoisotopic (exact) mass is 481 g/mol. The maximum Gasteiger partial charge on any atom is 0.321 e. The Hall–Kier alpha value is -2.45. The van der Waals surface area contributed by atoms with Gasteiger partial charge in [0.1, 0.15) is 17.4 Å². The lowest BCUT2D eigenvalue weighted by Gasteiger charge is -2.23. The fraction of sp³-hybridized carbons (Fsp3) is 0.636. The number of carbonyl (C=O) groups is 2. The van der Waals surface area contributed by atoms with Gasteiger partial charge < -0.3 is 15.3 Å². The number of hydrogen-bond donors (Lipinski definition) is 2. The molecule has 0 bridgehead atoms. The molecule has 0 aromatic carbocycles. The number of nitrogens with zero attached hydrogens (tertiary/aromatic N) is 4. The number of alkyl halides is 2. The molecule has 2 N–H and O–H groups in total. The molecule has 2 aliphatic heterocycles. The van der Waals surface area contributed by atoms with Gasteiger partial charge in [0, 0.05) is 19.5 Å². The minimum absolute atomic E-state index is 0.0652. The van der Waals surface area contributed by atoms with Crippen LogP contribution in [0.1, 0.15) is 38.3 Å². The topological polar surface area (TPSA) is 110 Å². The first-order valence-electron chi connectivity index (χ1n) is 11.1. The summed E-state index contributed by atoms with van der Waals surface area (Å²) in [5, 5.41) is 20.5. The number of carbonyl (C=O) groups excluding carboxylic acids is 1. The average Bonchev–Trinajstić information content (AvgIpc) is 3.39. The number of halogens is 2. The van der Waals surface area contributed by atoms with E-state index in [0.717, 1.165) is 12.8 Å². The zero-order valence-corrected chi connectivity index (χ0v) is 19.4. The number of amides is 1. The molecule has 8 nitrogen and oxygen atoms in total. The summed E-state index contributed by atoms with van der Waals surface area (Å²) in [6.07, 6.45) is 2.37. The van der Waals surface area contributed by atoms with E-state index in [1.807, 2.05) is 6.92 Å². The van der Waals surface area contributed by atoms with Gasteiger partial charge in [0.25, 0.3) is 0 Å². The van der Waals surface area contributed by atoms with Crippen molar-refractivity contribution in [1.82, 2.24) is 14.8 Å². The SMILES string of the molecule is CCN1C(=O)C(CCNc2cccc(C(F)(F)CN3CCCC3)n2)SC1CC(C#N)C(=O)O. The lowest BCUT2D eigenvalue weighted by molar-refractivity contribution is -0.141. The normalized spacial score (nSPS) is 22.4. The van der Waals surface area contributed by atoms with Gasteiger partial charge in [0.15, 0.2) is 0 Å². The van der Waals surface area contributed by atoms with Crippen LogP contribution in [0.4, 0.5) is 14.6 Å². The Kier molecular flexibility index (Phi) is 8.48. The van der Waals surface area contributed by atoms with E-state index in [1.54, 1.807) is 28.0 Å². The maximum absolute atomic E-state index is 14.7. The number of hydrogen-bond acceptors (Lipinski definition) is 7. The van der Waals surface area contributed by atoms with E-state index in [4.69, 9.17) is 10.4 Å². The van der Waals surface area contributed by atoms with Gasteiger partial charge in [0.05, 0.1) is 23.2 Å². The number of pyridine rings is 1. The second-order valence-corrected chi connectivity index (χ2v) is 9.66. The van der Waals surface area contributed by atoms with E-state index in [0.29, 0.717) is 38.4 Å². The molecule has 2 fully saturated rings. The van der Waals surface area contributed by atoms with Crippen molar-refractivity contribution in [1.29, 1.82) is 5.26 Å². The van der Waals surface area contributed by atoms with Crippen molar-refractivity contribution in [3.8, 4) is 6.07 Å². The molecule has 2 aliphatic rings. The molecule has 3 atom stereocenters. The molecule has 1 aromatic rings. The molecular weight excluding hydrogens is 452 g/mol. The Balaban J connectivity index is 1.55. The van der Waals surface area contributed by atoms with Crippen LogP contribution in [0.15, 0.2) is 18.2 Å². The number of aromatic nitrogens is 1. The Labute approximate surface area is 196 Å². The van der Waals surface area contributed by atoms with Gasteiger partial charge >= 0.3 is 11.9 Å². The third kappa shape index (κ3) is 6.32. The van der Waals surface area contributed by atoms with E-state index in [2.05, 4.69) is 10.3 Å². The van der Waals surface area contributed by atoms with Gasteiger partial charge in [0.2, 0.25) is 5.91 Å². The highest BCUT2D eigenvalue weighted by Gasteiger charge is 2.41. The van der Waals surface area contributed by atoms with Crippen LogP contribution in [0, 0.1) is 17.2 Å². The fourth-order valence-electron chi connectivity index (χ4n) is 4.16. The van der Waals surface area contributed by atoms with Gasteiger partial charge in [-0.15, -0.1) is 11.8 Å². The number of nitrogens with one attached hydrogen (secondary N) is 1. The predicted octanol–water partition coefficient (Wildman–Crippen LogP) is 2.98. The van der Waals surface area contributed by atoms with Crippen LogP contribution in [0.5, 0.6) is 0 Å². The smallest absolute Gasteiger partial charge is 0.321 e. The van der Waals surface area contributed by atoms with Crippen molar-refractivity contribution in [3.63, 3.8) is 0 Å². The molecule has 180 valence electrons. The number of anilines is 1. The van der Waals surface area contributed by atoms with Crippen molar-refractivity contribution >= 4 is 29.5 Å². The number of likely N-dealkylation sites (tertiary alicyclic amines) is 1. The van der Waals surface area contributed by atoms with Crippen LogP contribution in [-0.2, 0) is 15.5 Å². The van der Waals surface area contributed by atoms with E-state index in [-0.39, 0.29) is 29.9 Å². The number of carboxylic acids is 1. The molecule has 11 heteroatoms. The number of rotatable bonds is 11. The number of carboxylic acid groups (broad SMARTS) is 1. The summed E-state index contributed by atoms with van der Waals surface area (Å²) in [7, 11) is 0. The summed E-state index contributed by atoms with van der Waals surface area (Å²) in [5.41, 5.74) is -0.279. The van der Waals surface area contributed by atoms with Gasteiger partial charge in [-0.05, 0) is 51.4 Å². The van der Waals surface area contributed by atoms with Gasteiger partial charge in [-0.3, -0.25) is 14.5 Å². The number of thioether (sulfide) groups is 1. The zero-order valence-electron chi connectivity index (χ0n) is 18.5. The molecule has 3 unspecified atom stereocenters. The molecule has 1 aromatic heterocycles. The molecule has 0 saturated carbocycles. The van der Waals surface area contributed by atoms with Crippen molar-refractivity contribution in [2.24, 2.45) is 5.92 Å². The Morgan fingerprint density at radius 1 is 1.42 bits per heavy atom. The molecule has 0 aliphatic carbocycles. The van der Waals surface area contributed by atoms with Crippen LogP contribution in [0.3, 0.4) is 0 Å². The molecule has 0 radical (unpaired) electrons. The summed E-state index contributed by atoms with van der Waals surface area (Å²) in [5.74, 6) is -5.19. The van der Waals surface area contributed by atoms with Gasteiger partial charge in [-0.25, -0.2) is 4.98 Å².